The zero-order valence-corrected chi connectivity index (χ0v) is 14.2. The number of halogens is 1. The third kappa shape index (κ3) is 5.15. The summed E-state index contributed by atoms with van der Waals surface area (Å²) in [6, 6.07) is 14.3. The highest BCUT2D eigenvalue weighted by Gasteiger charge is 2.12. The molecule has 2 rings (SSSR count). The van der Waals surface area contributed by atoms with Gasteiger partial charge in [0, 0.05) is 17.9 Å². The predicted molar refractivity (Wildman–Crippen MR) is 97.2 cm³/mol. The van der Waals surface area contributed by atoms with Crippen LogP contribution in [-0.4, -0.2) is 36.1 Å². The third-order valence-corrected chi connectivity index (χ3v) is 3.66. The molecule has 0 spiro atoms. The normalized spacial score (nSPS) is 11.6. The maximum Gasteiger partial charge on any atom is 0.257 e. The van der Waals surface area contributed by atoms with Crippen molar-refractivity contribution in [1.82, 2.24) is 0 Å². The van der Waals surface area contributed by atoms with Crippen LogP contribution < -0.4 is 15.4 Å². The van der Waals surface area contributed by atoms with Crippen molar-refractivity contribution in [2.24, 2.45) is 0 Å². The quantitative estimate of drug-likeness (QED) is 0.640. The first-order valence-electron chi connectivity index (χ1n) is 7.75. The van der Waals surface area contributed by atoms with E-state index in [0.29, 0.717) is 23.5 Å². The molecule has 3 N–H and O–H groups in total. The van der Waals surface area contributed by atoms with Gasteiger partial charge in [0.2, 0.25) is 0 Å². The van der Waals surface area contributed by atoms with Crippen LogP contribution in [0.5, 0.6) is 5.75 Å². The lowest BCUT2D eigenvalue weighted by Gasteiger charge is -2.14. The van der Waals surface area contributed by atoms with Gasteiger partial charge in [-0.25, -0.2) is 0 Å². The van der Waals surface area contributed by atoms with Crippen LogP contribution in [-0.2, 0) is 0 Å². The van der Waals surface area contributed by atoms with Crippen LogP contribution in [0.15, 0.2) is 48.5 Å². The van der Waals surface area contributed by atoms with E-state index < -0.39 is 6.10 Å². The van der Waals surface area contributed by atoms with Crippen molar-refractivity contribution in [1.29, 1.82) is 0 Å². The van der Waals surface area contributed by atoms with E-state index in [1.807, 2.05) is 13.0 Å². The topological polar surface area (TPSA) is 70.6 Å². The summed E-state index contributed by atoms with van der Waals surface area (Å²) in [6.07, 6.45) is -0.672. The second-order valence-electron chi connectivity index (χ2n) is 5.15. The first-order chi connectivity index (χ1) is 11.6. The first-order valence-corrected chi connectivity index (χ1v) is 8.28. The van der Waals surface area contributed by atoms with Crippen LogP contribution in [0.1, 0.15) is 17.3 Å². The molecule has 1 atom stereocenters. The Hall–Kier alpha value is -2.24. The number of benzene rings is 2. The highest BCUT2D eigenvalue weighted by Crippen LogP contribution is 2.19. The Balaban J connectivity index is 2.06. The maximum absolute atomic E-state index is 12.5. The average Bonchev–Trinajstić information content (AvgIpc) is 2.61. The zero-order chi connectivity index (χ0) is 17.4. The number of nitrogens with one attached hydrogen (secondary N) is 2. The van der Waals surface area contributed by atoms with E-state index in [-0.39, 0.29) is 18.3 Å². The fourth-order valence-corrected chi connectivity index (χ4v) is 2.23. The van der Waals surface area contributed by atoms with Crippen molar-refractivity contribution in [3.8, 4) is 5.75 Å². The summed E-state index contributed by atoms with van der Waals surface area (Å²) in [5.74, 6) is 0.656. The van der Waals surface area contributed by atoms with Gasteiger partial charge in [-0.3, -0.25) is 4.79 Å². The van der Waals surface area contributed by atoms with Gasteiger partial charge in [-0.15, -0.1) is 11.6 Å². The average molecular weight is 349 g/mol. The van der Waals surface area contributed by atoms with Gasteiger partial charge in [0.15, 0.2) is 0 Å². The molecule has 0 saturated carbocycles. The fourth-order valence-electron chi connectivity index (χ4n) is 2.12. The lowest BCUT2D eigenvalue weighted by Crippen LogP contribution is -2.22. The minimum absolute atomic E-state index is 0.132. The molecule has 6 heteroatoms. The van der Waals surface area contributed by atoms with Gasteiger partial charge in [0.05, 0.1) is 24.2 Å². The number of aliphatic hydroxyl groups excluding tert-OH is 1. The summed E-state index contributed by atoms with van der Waals surface area (Å²) in [4.78, 5) is 12.5. The number of aliphatic hydroxyl groups is 1. The molecule has 0 aromatic heterocycles. The molecule has 0 fully saturated rings. The molecule has 2 aromatic rings. The molecular formula is C18H21ClN2O3. The third-order valence-electron chi connectivity index (χ3n) is 3.30. The summed E-state index contributed by atoms with van der Waals surface area (Å²) in [7, 11) is 0. The van der Waals surface area contributed by atoms with Crippen molar-refractivity contribution >= 4 is 28.9 Å². The van der Waals surface area contributed by atoms with Crippen LogP contribution in [0.2, 0.25) is 0 Å². The van der Waals surface area contributed by atoms with E-state index in [9.17, 15) is 9.90 Å². The van der Waals surface area contributed by atoms with Crippen LogP contribution in [0.4, 0.5) is 11.4 Å². The SMILES string of the molecule is CCOc1ccc(NC(=O)c2ccccc2NCC(O)CCl)cc1. The summed E-state index contributed by atoms with van der Waals surface area (Å²) >= 11 is 5.58. The van der Waals surface area contributed by atoms with Gasteiger partial charge < -0.3 is 20.5 Å². The van der Waals surface area contributed by atoms with E-state index in [4.69, 9.17) is 16.3 Å². The Kier molecular flexibility index (Phi) is 6.90. The molecule has 0 aliphatic carbocycles. The summed E-state index contributed by atoms with van der Waals surface area (Å²) in [6.45, 7) is 2.79. The molecule has 24 heavy (non-hydrogen) atoms. The molecule has 1 unspecified atom stereocenters. The minimum atomic E-state index is -0.672. The highest BCUT2D eigenvalue weighted by atomic mass is 35.5. The van der Waals surface area contributed by atoms with E-state index in [1.165, 1.54) is 0 Å². The number of carbonyl (C=O) groups excluding carboxylic acids is 1. The van der Waals surface area contributed by atoms with Crippen molar-refractivity contribution < 1.29 is 14.6 Å². The molecular weight excluding hydrogens is 328 g/mol. The van der Waals surface area contributed by atoms with Crippen molar-refractivity contribution in [3.05, 3.63) is 54.1 Å². The summed E-state index contributed by atoms with van der Waals surface area (Å²) in [5.41, 5.74) is 1.82. The number of para-hydroxylation sites is 1. The van der Waals surface area contributed by atoms with Gasteiger partial charge in [-0.1, -0.05) is 12.1 Å². The van der Waals surface area contributed by atoms with Crippen molar-refractivity contribution in [2.45, 2.75) is 13.0 Å². The lowest BCUT2D eigenvalue weighted by atomic mass is 10.1. The number of carbonyl (C=O) groups is 1. The van der Waals surface area contributed by atoms with Crippen LogP contribution in [0.3, 0.4) is 0 Å². The number of alkyl halides is 1. The largest absolute Gasteiger partial charge is 0.494 e. The molecule has 0 radical (unpaired) electrons. The maximum atomic E-state index is 12.5. The first kappa shape index (κ1) is 18.1. The van der Waals surface area contributed by atoms with Gasteiger partial charge >= 0.3 is 0 Å². The highest BCUT2D eigenvalue weighted by molar-refractivity contribution is 6.18. The number of anilines is 2. The Morgan fingerprint density at radius 1 is 1.21 bits per heavy atom. The summed E-state index contributed by atoms with van der Waals surface area (Å²) < 4.78 is 5.38. The molecule has 0 heterocycles. The van der Waals surface area contributed by atoms with E-state index in [1.54, 1.807) is 42.5 Å². The molecule has 0 bridgehead atoms. The second kappa shape index (κ2) is 9.15. The van der Waals surface area contributed by atoms with Crippen LogP contribution in [0.25, 0.3) is 0 Å². The van der Waals surface area contributed by atoms with Crippen molar-refractivity contribution in [2.75, 3.05) is 29.7 Å². The second-order valence-corrected chi connectivity index (χ2v) is 5.45. The van der Waals surface area contributed by atoms with Crippen LogP contribution in [0, 0.1) is 0 Å². The number of hydrogen-bond donors (Lipinski definition) is 3. The molecule has 128 valence electrons. The molecule has 0 aliphatic rings. The molecule has 0 aliphatic heterocycles. The van der Waals surface area contributed by atoms with Gasteiger partial charge in [-0.05, 0) is 43.3 Å². The smallest absolute Gasteiger partial charge is 0.257 e. The van der Waals surface area contributed by atoms with E-state index in [2.05, 4.69) is 10.6 Å². The Labute approximate surface area is 146 Å². The van der Waals surface area contributed by atoms with Gasteiger partial charge in [-0.2, -0.15) is 0 Å². The standard InChI is InChI=1S/C18H21ClN2O3/c1-2-24-15-9-7-13(8-10-15)21-18(23)16-5-3-4-6-17(16)20-12-14(22)11-19/h3-10,14,20,22H,2,11-12H2,1H3,(H,21,23). The lowest BCUT2D eigenvalue weighted by molar-refractivity contribution is 0.102. The molecule has 2 aromatic carbocycles. The number of rotatable bonds is 8. The Morgan fingerprint density at radius 2 is 1.92 bits per heavy atom. The predicted octanol–water partition coefficient (Wildman–Crippen LogP) is 3.35. The van der Waals surface area contributed by atoms with Gasteiger partial charge in [0.25, 0.3) is 5.91 Å². The van der Waals surface area contributed by atoms with E-state index in [0.717, 1.165) is 5.75 Å². The monoisotopic (exact) mass is 348 g/mol. The molecule has 0 saturated heterocycles. The van der Waals surface area contributed by atoms with Crippen molar-refractivity contribution in [3.63, 3.8) is 0 Å². The zero-order valence-electron chi connectivity index (χ0n) is 13.5. The summed E-state index contributed by atoms with van der Waals surface area (Å²) in [5, 5.41) is 15.4. The van der Waals surface area contributed by atoms with Gasteiger partial charge in [0.1, 0.15) is 5.75 Å². The minimum Gasteiger partial charge on any atom is -0.494 e. The number of hydrogen-bond acceptors (Lipinski definition) is 4. The van der Waals surface area contributed by atoms with Crippen LogP contribution >= 0.6 is 11.6 Å². The number of amides is 1. The Bertz CT molecular complexity index is 662. The molecule has 1 amide bonds. The Morgan fingerprint density at radius 3 is 2.58 bits per heavy atom. The van der Waals surface area contributed by atoms with E-state index >= 15 is 0 Å². The molecule has 5 nitrogen and oxygen atoms in total. The fraction of sp³-hybridized carbons (Fsp3) is 0.278. The number of ether oxygens (including phenoxy) is 1.